The maximum absolute atomic E-state index is 3.74. The van der Waals surface area contributed by atoms with Crippen molar-refractivity contribution in [2.45, 2.75) is 56.8 Å². The van der Waals surface area contributed by atoms with Crippen LogP contribution in [-0.4, -0.2) is 0 Å². The lowest BCUT2D eigenvalue weighted by atomic mass is 9.72. The second kappa shape index (κ2) is 11.0. The Bertz CT molecular complexity index is 1900. The number of nitrogens with one attached hydrogen (secondary N) is 2. The second-order valence-electron chi connectivity index (χ2n) is 14.9. The van der Waals surface area contributed by atoms with Gasteiger partial charge in [0.25, 0.3) is 0 Å². The van der Waals surface area contributed by atoms with Gasteiger partial charge in [0.2, 0.25) is 0 Å². The first-order chi connectivity index (χ1) is 22.7. The Labute approximate surface area is 279 Å². The highest BCUT2D eigenvalue weighted by atomic mass is 14.9. The molecule has 6 aromatic rings. The first-order valence-electron chi connectivity index (χ1n) is 16.9. The largest absolute Gasteiger partial charge is 0.356 e. The summed E-state index contributed by atoms with van der Waals surface area (Å²) < 4.78 is 0. The van der Waals surface area contributed by atoms with E-state index in [2.05, 4.69) is 184 Å². The van der Waals surface area contributed by atoms with Crippen LogP contribution in [-0.2, 0) is 16.2 Å². The van der Waals surface area contributed by atoms with Crippen molar-refractivity contribution in [3.63, 3.8) is 0 Å². The lowest BCUT2D eigenvalue weighted by molar-refractivity contribution is 0.350. The Hall–Kier alpha value is -5.08. The smallest absolute Gasteiger partial charge is 0.0387 e. The first kappa shape index (κ1) is 29.3. The van der Waals surface area contributed by atoms with E-state index < -0.39 is 0 Å². The Balaban J connectivity index is 1.12. The molecule has 2 N–H and O–H groups in total. The summed E-state index contributed by atoms with van der Waals surface area (Å²) in [5.41, 5.74) is 15.5. The average molecular weight is 611 g/mol. The van der Waals surface area contributed by atoms with Crippen LogP contribution in [0.15, 0.2) is 146 Å². The highest BCUT2D eigenvalue weighted by Gasteiger charge is 2.56. The molecular formula is C45H42N2. The van der Waals surface area contributed by atoms with Crippen LogP contribution >= 0.6 is 0 Å². The third-order valence-electron chi connectivity index (χ3n) is 10.6. The van der Waals surface area contributed by atoms with E-state index in [1.165, 1.54) is 44.5 Å². The molecule has 1 spiro atoms. The van der Waals surface area contributed by atoms with Gasteiger partial charge in [-0.25, -0.2) is 0 Å². The van der Waals surface area contributed by atoms with Gasteiger partial charge in [0.15, 0.2) is 0 Å². The fraction of sp³-hybridized carbons (Fsp3) is 0.200. The van der Waals surface area contributed by atoms with E-state index >= 15 is 0 Å². The molecular weight excluding hydrogens is 569 g/mol. The van der Waals surface area contributed by atoms with Gasteiger partial charge < -0.3 is 10.6 Å². The van der Waals surface area contributed by atoms with Crippen molar-refractivity contribution in [1.82, 2.24) is 0 Å². The molecule has 0 radical (unpaired) electrons. The zero-order valence-electron chi connectivity index (χ0n) is 27.8. The molecule has 0 aliphatic heterocycles. The number of benzene rings is 6. The number of anilines is 4. The van der Waals surface area contributed by atoms with Gasteiger partial charge in [-0.1, -0.05) is 125 Å². The Morgan fingerprint density at radius 1 is 0.362 bits per heavy atom. The summed E-state index contributed by atoms with van der Waals surface area (Å²) in [5, 5.41) is 7.48. The van der Waals surface area contributed by atoms with Gasteiger partial charge in [-0.2, -0.15) is 0 Å². The van der Waals surface area contributed by atoms with Crippen LogP contribution in [0.4, 0.5) is 22.7 Å². The van der Waals surface area contributed by atoms with E-state index in [-0.39, 0.29) is 16.2 Å². The molecule has 0 bridgehead atoms. The molecule has 0 heterocycles. The lowest BCUT2D eigenvalue weighted by Crippen LogP contribution is -2.27. The van der Waals surface area contributed by atoms with E-state index in [1.54, 1.807) is 0 Å². The van der Waals surface area contributed by atoms with Gasteiger partial charge in [-0.15, -0.1) is 0 Å². The molecule has 47 heavy (non-hydrogen) atoms. The molecule has 0 unspecified atom stereocenters. The Morgan fingerprint density at radius 2 is 0.702 bits per heavy atom. The summed E-state index contributed by atoms with van der Waals surface area (Å²) in [6.07, 6.45) is 2.21. The van der Waals surface area contributed by atoms with Gasteiger partial charge in [-0.05, 0) is 117 Å². The summed E-state index contributed by atoms with van der Waals surface area (Å²) in [5.74, 6) is 0. The minimum absolute atomic E-state index is 0.0403. The van der Waals surface area contributed by atoms with Crippen LogP contribution in [0.1, 0.15) is 62.8 Å². The third kappa shape index (κ3) is 5.22. The van der Waals surface area contributed by atoms with E-state index in [9.17, 15) is 0 Å². The molecule has 0 amide bonds. The van der Waals surface area contributed by atoms with Crippen molar-refractivity contribution < 1.29 is 0 Å². The quantitative estimate of drug-likeness (QED) is 0.196. The monoisotopic (exact) mass is 610 g/mol. The molecule has 2 aliphatic carbocycles. The van der Waals surface area contributed by atoms with Crippen molar-refractivity contribution in [2.75, 3.05) is 10.6 Å². The van der Waals surface area contributed by atoms with E-state index in [1.807, 2.05) is 0 Å². The molecule has 2 heteroatoms. The van der Waals surface area contributed by atoms with Gasteiger partial charge >= 0.3 is 0 Å². The van der Waals surface area contributed by atoms with Gasteiger partial charge in [0.05, 0.1) is 0 Å². The standard InChI is InChI=1S/C45H42N2/c1-43(2)29-45(41-27-37(23-25-39(41)43)46-35-19-15-33(16-20-35)31-11-7-5-8-12-31)30-44(3,4)40-26-24-38(28-42(40)45)47-36-21-17-34(18-22-36)32-13-9-6-10-14-32/h5-28,46-47H,29-30H2,1-4H3. The molecule has 0 aromatic heterocycles. The van der Waals surface area contributed by atoms with Gasteiger partial charge in [0, 0.05) is 28.2 Å². The molecule has 0 saturated heterocycles. The maximum atomic E-state index is 3.74. The molecule has 2 nitrogen and oxygen atoms in total. The van der Waals surface area contributed by atoms with Crippen LogP contribution < -0.4 is 10.6 Å². The Kier molecular flexibility index (Phi) is 6.88. The fourth-order valence-electron chi connectivity index (χ4n) is 8.59. The van der Waals surface area contributed by atoms with Crippen molar-refractivity contribution >= 4 is 22.7 Å². The summed E-state index contributed by atoms with van der Waals surface area (Å²) in [4.78, 5) is 0. The van der Waals surface area contributed by atoms with Crippen molar-refractivity contribution in [3.8, 4) is 22.3 Å². The molecule has 0 fully saturated rings. The third-order valence-corrected chi connectivity index (χ3v) is 10.6. The highest BCUT2D eigenvalue weighted by Crippen LogP contribution is 2.63. The molecule has 0 saturated carbocycles. The summed E-state index contributed by atoms with van der Waals surface area (Å²) in [7, 11) is 0. The predicted molar refractivity (Wildman–Crippen MR) is 199 cm³/mol. The topological polar surface area (TPSA) is 24.1 Å². The summed E-state index contributed by atoms with van der Waals surface area (Å²) in [6, 6.07) is 52.9. The van der Waals surface area contributed by atoms with E-state index in [0.717, 1.165) is 35.6 Å². The maximum Gasteiger partial charge on any atom is 0.0387 e. The van der Waals surface area contributed by atoms with Crippen LogP contribution in [0.5, 0.6) is 0 Å². The van der Waals surface area contributed by atoms with E-state index in [4.69, 9.17) is 0 Å². The highest BCUT2D eigenvalue weighted by molar-refractivity contribution is 5.73. The van der Waals surface area contributed by atoms with Gasteiger partial charge in [0.1, 0.15) is 0 Å². The van der Waals surface area contributed by atoms with Crippen molar-refractivity contribution in [1.29, 1.82) is 0 Å². The zero-order chi connectivity index (χ0) is 32.2. The van der Waals surface area contributed by atoms with Crippen molar-refractivity contribution in [2.24, 2.45) is 0 Å². The fourth-order valence-corrected chi connectivity index (χ4v) is 8.59. The van der Waals surface area contributed by atoms with Crippen LogP contribution in [0, 0.1) is 0 Å². The minimum Gasteiger partial charge on any atom is -0.356 e. The van der Waals surface area contributed by atoms with Crippen LogP contribution in [0.25, 0.3) is 22.3 Å². The summed E-state index contributed by atoms with van der Waals surface area (Å²) in [6.45, 7) is 9.71. The average Bonchev–Trinajstić information content (AvgIpc) is 3.45. The Morgan fingerprint density at radius 3 is 1.09 bits per heavy atom. The minimum atomic E-state index is -0.0403. The van der Waals surface area contributed by atoms with Crippen LogP contribution in [0.2, 0.25) is 0 Å². The molecule has 2 aliphatic rings. The van der Waals surface area contributed by atoms with Crippen LogP contribution in [0.3, 0.4) is 0 Å². The number of fused-ring (bicyclic) bond motifs is 4. The van der Waals surface area contributed by atoms with Crippen molar-refractivity contribution in [3.05, 3.63) is 168 Å². The zero-order valence-corrected chi connectivity index (χ0v) is 27.8. The van der Waals surface area contributed by atoms with E-state index in [0.29, 0.717) is 0 Å². The normalized spacial score (nSPS) is 16.4. The lowest BCUT2D eigenvalue weighted by Gasteiger charge is -2.31. The molecule has 6 aromatic carbocycles. The first-order valence-corrected chi connectivity index (χ1v) is 16.9. The number of rotatable bonds is 6. The van der Waals surface area contributed by atoms with Gasteiger partial charge in [-0.3, -0.25) is 0 Å². The molecule has 0 atom stereocenters. The SMILES string of the molecule is CC1(C)CC2(CC(C)(C)c3ccc(Nc4ccc(-c5ccccc5)cc4)cc32)c2cc(Nc3ccc(-c4ccccc4)cc3)ccc21. The summed E-state index contributed by atoms with van der Waals surface area (Å²) >= 11 is 0. The number of hydrogen-bond donors (Lipinski definition) is 2. The molecule has 8 rings (SSSR count). The second-order valence-corrected chi connectivity index (χ2v) is 14.9. The molecule has 232 valence electrons. The number of hydrogen-bond acceptors (Lipinski definition) is 2. The predicted octanol–water partition coefficient (Wildman–Crippen LogP) is 12.2.